The quantitative estimate of drug-likeness (QED) is 0.879. The number of hydrogen-bond donors (Lipinski definition) is 1. The van der Waals surface area contributed by atoms with Crippen LogP contribution in [0.3, 0.4) is 0 Å². The van der Waals surface area contributed by atoms with Crippen LogP contribution in [0.15, 0.2) is 24.3 Å². The van der Waals surface area contributed by atoms with Gasteiger partial charge in [-0.15, -0.1) is 0 Å². The lowest BCUT2D eigenvalue weighted by atomic mass is 9.94. The molecule has 2 rings (SSSR count). The van der Waals surface area contributed by atoms with E-state index in [4.69, 9.17) is 5.73 Å². The van der Waals surface area contributed by atoms with E-state index in [1.54, 1.807) is 0 Å². The zero-order valence-corrected chi connectivity index (χ0v) is 12.4. The number of rotatable bonds is 5. The third-order valence-electron chi connectivity index (χ3n) is 4.53. The Morgan fingerprint density at radius 2 is 1.84 bits per heavy atom. The molecule has 1 fully saturated rings. The molecule has 2 nitrogen and oxygen atoms in total. The van der Waals surface area contributed by atoms with E-state index in [0.29, 0.717) is 6.04 Å². The van der Waals surface area contributed by atoms with Gasteiger partial charge < -0.3 is 5.73 Å². The van der Waals surface area contributed by atoms with Crippen LogP contribution in [0.4, 0.5) is 0 Å². The molecule has 1 aromatic carbocycles. The number of aryl methyl sites for hydroxylation is 1. The van der Waals surface area contributed by atoms with E-state index in [2.05, 4.69) is 43.0 Å². The highest BCUT2D eigenvalue weighted by atomic mass is 15.2. The van der Waals surface area contributed by atoms with Gasteiger partial charge in [-0.3, -0.25) is 4.90 Å². The highest BCUT2D eigenvalue weighted by molar-refractivity contribution is 5.25. The molecular weight excluding hydrogens is 232 g/mol. The van der Waals surface area contributed by atoms with Crippen LogP contribution in [0.1, 0.15) is 50.3 Å². The number of benzene rings is 1. The summed E-state index contributed by atoms with van der Waals surface area (Å²) < 4.78 is 0. The molecule has 1 aliphatic heterocycles. The van der Waals surface area contributed by atoms with Crippen molar-refractivity contribution in [1.29, 1.82) is 0 Å². The maximum Gasteiger partial charge on any atom is 0.0319 e. The van der Waals surface area contributed by atoms with E-state index in [0.717, 1.165) is 12.5 Å². The molecule has 0 spiro atoms. The lowest BCUT2D eigenvalue weighted by Gasteiger charge is -2.36. The predicted molar refractivity (Wildman–Crippen MR) is 82.2 cm³/mol. The van der Waals surface area contributed by atoms with Gasteiger partial charge in [-0.1, -0.05) is 37.6 Å². The van der Waals surface area contributed by atoms with Gasteiger partial charge in [0, 0.05) is 6.04 Å². The summed E-state index contributed by atoms with van der Waals surface area (Å²) in [6.45, 7) is 7.81. The second kappa shape index (κ2) is 7.06. The molecule has 0 aromatic heterocycles. The topological polar surface area (TPSA) is 29.3 Å². The molecule has 1 unspecified atom stereocenters. The van der Waals surface area contributed by atoms with Gasteiger partial charge in [0.2, 0.25) is 0 Å². The van der Waals surface area contributed by atoms with Crippen molar-refractivity contribution in [2.24, 2.45) is 11.7 Å². The van der Waals surface area contributed by atoms with E-state index in [-0.39, 0.29) is 0 Å². The first kappa shape index (κ1) is 14.5. The molecule has 106 valence electrons. The van der Waals surface area contributed by atoms with Crippen LogP contribution in [0.5, 0.6) is 0 Å². The minimum atomic E-state index is 0.536. The number of likely N-dealkylation sites (tertiary alicyclic amines) is 1. The molecule has 2 N–H and O–H groups in total. The second-order valence-electron chi connectivity index (χ2n) is 5.88. The molecule has 2 heteroatoms. The highest BCUT2D eigenvalue weighted by Crippen LogP contribution is 2.26. The smallest absolute Gasteiger partial charge is 0.0319 e. The molecule has 1 saturated heterocycles. The van der Waals surface area contributed by atoms with Crippen molar-refractivity contribution in [2.75, 3.05) is 19.6 Å². The SMILES string of the molecule is CCCc1ccc(C(C)N2CCC(CN)CC2)cc1. The Labute approximate surface area is 118 Å². The first-order valence-corrected chi connectivity index (χ1v) is 7.77. The highest BCUT2D eigenvalue weighted by Gasteiger charge is 2.22. The maximum absolute atomic E-state index is 5.76. The Hall–Kier alpha value is -0.860. The molecule has 0 saturated carbocycles. The fraction of sp³-hybridized carbons (Fsp3) is 0.647. The van der Waals surface area contributed by atoms with Gasteiger partial charge in [-0.05, 0) is 62.9 Å². The van der Waals surface area contributed by atoms with Crippen molar-refractivity contribution in [3.8, 4) is 0 Å². The molecule has 0 bridgehead atoms. The van der Waals surface area contributed by atoms with Gasteiger partial charge in [-0.25, -0.2) is 0 Å². The third kappa shape index (κ3) is 3.80. The van der Waals surface area contributed by atoms with Gasteiger partial charge in [0.05, 0.1) is 0 Å². The molecule has 0 amide bonds. The molecule has 0 aliphatic carbocycles. The normalized spacial score (nSPS) is 19.5. The van der Waals surface area contributed by atoms with Gasteiger partial charge in [-0.2, -0.15) is 0 Å². The largest absolute Gasteiger partial charge is 0.330 e. The van der Waals surface area contributed by atoms with E-state index >= 15 is 0 Å². The molecule has 19 heavy (non-hydrogen) atoms. The Morgan fingerprint density at radius 3 is 2.37 bits per heavy atom. The second-order valence-corrected chi connectivity index (χ2v) is 5.88. The number of hydrogen-bond acceptors (Lipinski definition) is 2. The van der Waals surface area contributed by atoms with Crippen LogP contribution < -0.4 is 5.73 Å². The summed E-state index contributed by atoms with van der Waals surface area (Å²) in [5.41, 5.74) is 8.67. The van der Waals surface area contributed by atoms with Crippen LogP contribution in [-0.2, 0) is 6.42 Å². The fourth-order valence-corrected chi connectivity index (χ4v) is 3.04. The number of nitrogens with two attached hydrogens (primary N) is 1. The lowest BCUT2D eigenvalue weighted by Crippen LogP contribution is -2.37. The van der Waals surface area contributed by atoms with E-state index in [9.17, 15) is 0 Å². The third-order valence-corrected chi connectivity index (χ3v) is 4.53. The van der Waals surface area contributed by atoms with Crippen molar-refractivity contribution in [1.82, 2.24) is 4.90 Å². The molecule has 1 heterocycles. The summed E-state index contributed by atoms with van der Waals surface area (Å²) >= 11 is 0. The molecular formula is C17H28N2. The zero-order chi connectivity index (χ0) is 13.7. The van der Waals surface area contributed by atoms with Gasteiger partial charge in [0.25, 0.3) is 0 Å². The Kier molecular flexibility index (Phi) is 5.41. The van der Waals surface area contributed by atoms with Crippen LogP contribution >= 0.6 is 0 Å². The average molecular weight is 260 g/mol. The molecule has 0 radical (unpaired) electrons. The standard InChI is InChI=1S/C17H28N2/c1-3-4-15-5-7-17(8-6-15)14(2)19-11-9-16(13-18)10-12-19/h5-8,14,16H,3-4,9-13,18H2,1-2H3. The van der Waals surface area contributed by atoms with Gasteiger partial charge in [0.1, 0.15) is 0 Å². The van der Waals surface area contributed by atoms with E-state index in [1.807, 2.05) is 0 Å². The fourth-order valence-electron chi connectivity index (χ4n) is 3.04. The lowest BCUT2D eigenvalue weighted by molar-refractivity contribution is 0.143. The van der Waals surface area contributed by atoms with Crippen LogP contribution in [0.25, 0.3) is 0 Å². The van der Waals surface area contributed by atoms with Gasteiger partial charge >= 0.3 is 0 Å². The molecule has 1 aromatic rings. The van der Waals surface area contributed by atoms with Gasteiger partial charge in [0.15, 0.2) is 0 Å². The molecule has 1 aliphatic rings. The van der Waals surface area contributed by atoms with E-state index < -0.39 is 0 Å². The first-order valence-electron chi connectivity index (χ1n) is 7.77. The van der Waals surface area contributed by atoms with Crippen molar-refractivity contribution in [3.05, 3.63) is 35.4 Å². The Bertz CT molecular complexity index is 363. The maximum atomic E-state index is 5.76. The number of piperidine rings is 1. The minimum absolute atomic E-state index is 0.536. The number of nitrogens with zero attached hydrogens (tertiary/aromatic N) is 1. The molecule has 1 atom stereocenters. The Balaban J connectivity index is 1.94. The average Bonchev–Trinajstić information content (AvgIpc) is 2.48. The summed E-state index contributed by atoms with van der Waals surface area (Å²) in [7, 11) is 0. The van der Waals surface area contributed by atoms with Crippen LogP contribution in [0.2, 0.25) is 0 Å². The van der Waals surface area contributed by atoms with E-state index in [1.165, 1.54) is 49.9 Å². The van der Waals surface area contributed by atoms with Crippen molar-refractivity contribution in [2.45, 2.75) is 45.6 Å². The summed E-state index contributed by atoms with van der Waals surface area (Å²) in [4.78, 5) is 2.60. The zero-order valence-electron chi connectivity index (χ0n) is 12.4. The predicted octanol–water partition coefficient (Wildman–Crippen LogP) is 3.37. The van der Waals surface area contributed by atoms with Crippen LogP contribution in [-0.4, -0.2) is 24.5 Å². The summed E-state index contributed by atoms with van der Waals surface area (Å²) in [5.74, 6) is 0.746. The monoisotopic (exact) mass is 260 g/mol. The summed E-state index contributed by atoms with van der Waals surface area (Å²) in [6.07, 6.45) is 4.93. The van der Waals surface area contributed by atoms with Crippen molar-refractivity contribution >= 4 is 0 Å². The minimum Gasteiger partial charge on any atom is -0.330 e. The van der Waals surface area contributed by atoms with Crippen LogP contribution in [0, 0.1) is 5.92 Å². The summed E-state index contributed by atoms with van der Waals surface area (Å²) in [6, 6.07) is 9.74. The first-order chi connectivity index (χ1) is 9.24. The van der Waals surface area contributed by atoms with Crippen molar-refractivity contribution < 1.29 is 0 Å². The van der Waals surface area contributed by atoms with Crippen molar-refractivity contribution in [3.63, 3.8) is 0 Å². The Morgan fingerprint density at radius 1 is 1.21 bits per heavy atom. The summed E-state index contributed by atoms with van der Waals surface area (Å²) in [5, 5.41) is 0.